The van der Waals surface area contributed by atoms with Gasteiger partial charge in [0.1, 0.15) is 5.76 Å². The van der Waals surface area contributed by atoms with E-state index in [9.17, 15) is 9.59 Å². The molecule has 2 rings (SSSR count). The van der Waals surface area contributed by atoms with Crippen molar-refractivity contribution in [3.8, 4) is 0 Å². The van der Waals surface area contributed by atoms with E-state index < -0.39 is 0 Å². The molecule has 0 unspecified atom stereocenters. The summed E-state index contributed by atoms with van der Waals surface area (Å²) in [7, 11) is 1.62. The molecule has 0 aliphatic carbocycles. The van der Waals surface area contributed by atoms with Gasteiger partial charge in [-0.2, -0.15) is 0 Å². The molecule has 0 spiro atoms. The van der Waals surface area contributed by atoms with Crippen LogP contribution in [-0.4, -0.2) is 36.1 Å². The average molecular weight is 367 g/mol. The molecule has 0 fully saturated rings. The lowest BCUT2D eigenvalue weighted by molar-refractivity contribution is -0.132. The highest BCUT2D eigenvalue weighted by molar-refractivity contribution is 7.99. The largest absolute Gasteiger partial charge is 0.467 e. The summed E-state index contributed by atoms with van der Waals surface area (Å²) < 4.78 is 5.13. The molecule has 0 atom stereocenters. The van der Waals surface area contributed by atoms with E-state index in [1.165, 1.54) is 16.7 Å². The van der Waals surface area contributed by atoms with E-state index in [4.69, 9.17) is 16.0 Å². The van der Waals surface area contributed by atoms with Gasteiger partial charge in [-0.3, -0.25) is 9.59 Å². The van der Waals surface area contributed by atoms with E-state index in [0.29, 0.717) is 23.1 Å². The average Bonchev–Trinajstić information content (AvgIpc) is 3.08. The van der Waals surface area contributed by atoms with Crippen LogP contribution >= 0.6 is 23.4 Å². The fourth-order valence-electron chi connectivity index (χ4n) is 1.91. The third-order valence-electron chi connectivity index (χ3n) is 3.25. The number of nitrogens with one attached hydrogen (secondary N) is 1. The Kier molecular flexibility index (Phi) is 7.21. The Hall–Kier alpha value is -1.92. The molecule has 1 heterocycles. The number of likely N-dealkylation sites (N-methyl/N-ethyl adjacent to an activating group) is 1. The Bertz CT molecular complexity index is 659. The number of furan rings is 1. The van der Waals surface area contributed by atoms with Gasteiger partial charge in [0.05, 0.1) is 25.1 Å². The number of halogens is 1. The number of thioether (sulfide) groups is 1. The Morgan fingerprint density at radius 3 is 2.67 bits per heavy atom. The fourth-order valence-corrected chi connectivity index (χ4v) is 2.96. The third kappa shape index (κ3) is 6.29. The van der Waals surface area contributed by atoms with Crippen molar-refractivity contribution in [3.05, 3.63) is 59.0 Å². The minimum Gasteiger partial charge on any atom is -0.467 e. The predicted octanol–water partition coefficient (Wildman–Crippen LogP) is 2.94. The van der Waals surface area contributed by atoms with E-state index in [0.717, 1.165) is 11.3 Å². The molecule has 0 radical (unpaired) electrons. The summed E-state index contributed by atoms with van der Waals surface area (Å²) >= 11 is 7.34. The number of hydrogen-bond donors (Lipinski definition) is 1. The lowest BCUT2D eigenvalue weighted by Crippen LogP contribution is -2.38. The number of rotatable bonds is 8. The smallest absolute Gasteiger partial charge is 0.239 e. The summed E-state index contributed by atoms with van der Waals surface area (Å²) in [5.41, 5.74) is 1.11. The minimum absolute atomic E-state index is 0.0288. The highest BCUT2D eigenvalue weighted by Gasteiger charge is 2.13. The third-order valence-corrected chi connectivity index (χ3v) is 4.49. The van der Waals surface area contributed by atoms with Gasteiger partial charge in [0.2, 0.25) is 11.8 Å². The molecule has 1 aromatic heterocycles. The van der Waals surface area contributed by atoms with E-state index in [-0.39, 0.29) is 18.4 Å². The highest BCUT2D eigenvalue weighted by Crippen LogP contribution is 2.15. The molecule has 1 aromatic carbocycles. The predicted molar refractivity (Wildman–Crippen MR) is 95.8 cm³/mol. The van der Waals surface area contributed by atoms with Gasteiger partial charge in [0.25, 0.3) is 0 Å². The highest BCUT2D eigenvalue weighted by atomic mass is 35.5. The molecule has 2 amide bonds. The van der Waals surface area contributed by atoms with Crippen molar-refractivity contribution >= 4 is 35.2 Å². The van der Waals surface area contributed by atoms with Gasteiger partial charge >= 0.3 is 0 Å². The molecule has 0 aliphatic rings. The van der Waals surface area contributed by atoms with Gasteiger partial charge in [0, 0.05) is 17.8 Å². The lowest BCUT2D eigenvalue weighted by atomic mass is 10.2. The van der Waals surface area contributed by atoms with Gasteiger partial charge in [-0.25, -0.2) is 0 Å². The van der Waals surface area contributed by atoms with Crippen molar-refractivity contribution in [3.63, 3.8) is 0 Å². The second kappa shape index (κ2) is 9.39. The Labute approximate surface area is 150 Å². The van der Waals surface area contributed by atoms with Crippen LogP contribution in [0.4, 0.5) is 0 Å². The summed E-state index contributed by atoms with van der Waals surface area (Å²) in [6, 6.07) is 11.1. The number of carbonyl (C=O) groups excluding carboxylic acids is 2. The van der Waals surface area contributed by atoms with Crippen molar-refractivity contribution < 1.29 is 14.0 Å². The normalized spacial score (nSPS) is 10.4. The topological polar surface area (TPSA) is 62.6 Å². The van der Waals surface area contributed by atoms with Crippen molar-refractivity contribution in [2.75, 3.05) is 19.3 Å². The quantitative estimate of drug-likeness (QED) is 0.780. The van der Waals surface area contributed by atoms with Gasteiger partial charge in [-0.05, 0) is 29.8 Å². The molecule has 2 aromatic rings. The molecule has 5 nitrogen and oxygen atoms in total. The Balaban J connectivity index is 1.65. The van der Waals surface area contributed by atoms with E-state index >= 15 is 0 Å². The first-order valence-electron chi connectivity index (χ1n) is 7.40. The summed E-state index contributed by atoms with van der Waals surface area (Å²) in [5, 5.41) is 3.41. The Morgan fingerprint density at radius 2 is 2.00 bits per heavy atom. The lowest BCUT2D eigenvalue weighted by Gasteiger charge is -2.16. The van der Waals surface area contributed by atoms with Crippen LogP contribution in [0.2, 0.25) is 5.02 Å². The second-order valence-electron chi connectivity index (χ2n) is 5.23. The number of hydrogen-bond acceptors (Lipinski definition) is 4. The van der Waals surface area contributed by atoms with Crippen LogP contribution in [0, 0.1) is 0 Å². The zero-order valence-electron chi connectivity index (χ0n) is 13.3. The number of amides is 2. The number of nitrogens with zero attached hydrogens (tertiary/aromatic N) is 1. The van der Waals surface area contributed by atoms with Crippen LogP contribution in [-0.2, 0) is 21.9 Å². The van der Waals surface area contributed by atoms with Crippen LogP contribution < -0.4 is 5.32 Å². The molecule has 24 heavy (non-hydrogen) atoms. The van der Waals surface area contributed by atoms with Crippen molar-refractivity contribution in [1.82, 2.24) is 10.2 Å². The van der Waals surface area contributed by atoms with E-state index in [1.54, 1.807) is 25.4 Å². The summed E-state index contributed by atoms with van der Waals surface area (Å²) in [6.07, 6.45) is 1.55. The number of carbonyl (C=O) groups is 2. The molecule has 1 N–H and O–H groups in total. The molecule has 0 aliphatic heterocycles. The Morgan fingerprint density at radius 1 is 1.25 bits per heavy atom. The standard InChI is InChI=1S/C17H19ClN2O3S/c1-20(10-16(21)19-9-15-3-2-8-23-15)17(22)12-24-11-13-4-6-14(18)7-5-13/h2-8H,9-12H2,1H3,(H,19,21). The number of benzene rings is 1. The second-order valence-corrected chi connectivity index (χ2v) is 6.65. The zero-order chi connectivity index (χ0) is 17.4. The minimum atomic E-state index is -0.218. The van der Waals surface area contributed by atoms with E-state index in [2.05, 4.69) is 5.32 Å². The van der Waals surface area contributed by atoms with Crippen molar-refractivity contribution in [1.29, 1.82) is 0 Å². The first-order valence-corrected chi connectivity index (χ1v) is 8.93. The molecule has 0 saturated carbocycles. The first kappa shape index (κ1) is 18.4. The van der Waals surface area contributed by atoms with Crippen LogP contribution in [0.1, 0.15) is 11.3 Å². The van der Waals surface area contributed by atoms with Crippen molar-refractivity contribution in [2.45, 2.75) is 12.3 Å². The summed E-state index contributed by atoms with van der Waals surface area (Å²) in [5.74, 6) is 1.43. The molecule has 7 heteroatoms. The van der Waals surface area contributed by atoms with Gasteiger partial charge in [-0.1, -0.05) is 23.7 Å². The summed E-state index contributed by atoms with van der Waals surface area (Å²) in [6.45, 7) is 0.347. The van der Waals surface area contributed by atoms with Gasteiger partial charge in [-0.15, -0.1) is 11.8 Å². The summed E-state index contributed by atoms with van der Waals surface area (Å²) in [4.78, 5) is 25.3. The maximum absolute atomic E-state index is 12.0. The van der Waals surface area contributed by atoms with Gasteiger partial charge in [0.15, 0.2) is 0 Å². The maximum Gasteiger partial charge on any atom is 0.239 e. The molecular weight excluding hydrogens is 348 g/mol. The molecule has 128 valence electrons. The maximum atomic E-state index is 12.0. The van der Waals surface area contributed by atoms with E-state index in [1.807, 2.05) is 24.3 Å². The molecule has 0 saturated heterocycles. The van der Waals surface area contributed by atoms with Gasteiger partial charge < -0.3 is 14.6 Å². The van der Waals surface area contributed by atoms with Crippen LogP contribution in [0.15, 0.2) is 47.1 Å². The first-order chi connectivity index (χ1) is 11.5. The van der Waals surface area contributed by atoms with Crippen LogP contribution in [0.5, 0.6) is 0 Å². The molecular formula is C17H19ClN2O3S. The zero-order valence-corrected chi connectivity index (χ0v) is 14.9. The monoisotopic (exact) mass is 366 g/mol. The van der Waals surface area contributed by atoms with Crippen LogP contribution in [0.25, 0.3) is 0 Å². The SMILES string of the molecule is CN(CC(=O)NCc1ccco1)C(=O)CSCc1ccc(Cl)cc1. The van der Waals surface area contributed by atoms with Crippen molar-refractivity contribution in [2.24, 2.45) is 0 Å². The fraction of sp³-hybridized carbons (Fsp3) is 0.294. The molecule has 0 bridgehead atoms. The van der Waals surface area contributed by atoms with Crippen LogP contribution in [0.3, 0.4) is 0 Å².